The van der Waals surface area contributed by atoms with E-state index in [1.165, 1.54) is 12.4 Å². The molecule has 0 atom stereocenters. The third kappa shape index (κ3) is 5.26. The van der Waals surface area contributed by atoms with Crippen LogP contribution < -0.4 is 10.5 Å². The van der Waals surface area contributed by atoms with Crippen LogP contribution in [0.15, 0.2) is 39.7 Å². The monoisotopic (exact) mass is 467 g/mol. The Balaban J connectivity index is 1.98. The molecule has 31 heavy (non-hydrogen) atoms. The van der Waals surface area contributed by atoms with Crippen molar-refractivity contribution in [2.45, 2.75) is 38.4 Å². The molecule has 3 heterocycles. The first-order valence-electron chi connectivity index (χ1n) is 10.3. The maximum absolute atomic E-state index is 13.3. The number of aliphatic hydroxyl groups is 2. The topological polar surface area (TPSA) is 87.8 Å². The van der Waals surface area contributed by atoms with Crippen LogP contribution in [-0.2, 0) is 17.0 Å². The largest absolute Gasteiger partial charge is 0.381 e. The van der Waals surface area contributed by atoms with Gasteiger partial charge in [0.1, 0.15) is 17.2 Å². The molecule has 3 rings (SSSR count). The van der Waals surface area contributed by atoms with E-state index in [1.54, 1.807) is 25.2 Å². The Morgan fingerprint density at radius 1 is 1.35 bits per heavy atom. The van der Waals surface area contributed by atoms with Crippen LogP contribution in [0.4, 0.5) is 5.82 Å². The molecule has 0 saturated carbocycles. The lowest BCUT2D eigenvalue weighted by Crippen LogP contribution is -2.45. The quantitative estimate of drug-likeness (QED) is 0.376. The number of rotatable bonds is 6. The molecule has 0 unspecified atom stereocenters. The van der Waals surface area contributed by atoms with Gasteiger partial charge in [0.15, 0.2) is 13.5 Å². The summed E-state index contributed by atoms with van der Waals surface area (Å²) in [5, 5.41) is 21.3. The maximum Gasteiger partial charge on any atom is 0.263 e. The molecule has 0 bridgehead atoms. The molecule has 2 aliphatic heterocycles. The summed E-state index contributed by atoms with van der Waals surface area (Å²) in [6.07, 6.45) is 7.60. The van der Waals surface area contributed by atoms with E-state index in [-0.39, 0.29) is 27.6 Å². The highest BCUT2D eigenvalue weighted by Gasteiger charge is 2.40. The Hall–Kier alpha value is -1.58. The third-order valence-electron chi connectivity index (χ3n) is 6.06. The standard InChI is InChI=1S/C21H28BCl2N3O4/c1-3-4-5-15(23)16(24)12-27-14(2)25-18(17(19(27)28)21(22,29)30)26-9-6-20(7-10-26)8-11-31-13-20/h3-5,29-30H,1,6-13,22H2,2H3/b5-4-,16-15-. The fraction of sp³-hybridized carbons (Fsp3) is 0.524. The summed E-state index contributed by atoms with van der Waals surface area (Å²) in [6, 6.07) is 0. The minimum Gasteiger partial charge on any atom is -0.381 e. The van der Waals surface area contributed by atoms with E-state index in [9.17, 15) is 15.0 Å². The highest BCUT2D eigenvalue weighted by atomic mass is 35.5. The van der Waals surface area contributed by atoms with Crippen LogP contribution in [0.2, 0.25) is 0 Å². The second-order valence-electron chi connectivity index (χ2n) is 8.41. The summed E-state index contributed by atoms with van der Waals surface area (Å²) in [5.74, 6) is 0.713. The number of allylic oxidation sites excluding steroid dienone is 5. The average molecular weight is 468 g/mol. The molecular weight excluding hydrogens is 440 g/mol. The molecule has 10 heteroatoms. The van der Waals surface area contributed by atoms with Gasteiger partial charge in [0.2, 0.25) is 0 Å². The number of hydrogen-bond donors (Lipinski definition) is 2. The lowest BCUT2D eigenvalue weighted by molar-refractivity contribution is -0.0922. The first-order valence-corrected chi connectivity index (χ1v) is 11.1. The van der Waals surface area contributed by atoms with Gasteiger partial charge in [-0.15, -0.1) is 0 Å². The first-order chi connectivity index (χ1) is 14.6. The summed E-state index contributed by atoms with van der Waals surface area (Å²) in [4.78, 5) is 19.9. The molecule has 1 aromatic rings. The second kappa shape index (κ2) is 9.51. The molecule has 0 radical (unpaired) electrons. The number of anilines is 1. The minimum atomic E-state index is -2.36. The van der Waals surface area contributed by atoms with Gasteiger partial charge < -0.3 is 19.8 Å². The molecule has 0 amide bonds. The van der Waals surface area contributed by atoms with Gasteiger partial charge in [-0.25, -0.2) is 4.98 Å². The van der Waals surface area contributed by atoms with Crippen molar-refractivity contribution in [2.24, 2.45) is 5.41 Å². The molecule has 2 saturated heterocycles. The highest BCUT2D eigenvalue weighted by Crippen LogP contribution is 2.40. The molecule has 1 spiro atoms. The van der Waals surface area contributed by atoms with Gasteiger partial charge in [-0.1, -0.05) is 41.9 Å². The van der Waals surface area contributed by atoms with Gasteiger partial charge in [0.25, 0.3) is 5.56 Å². The van der Waals surface area contributed by atoms with Crippen molar-refractivity contribution in [3.8, 4) is 0 Å². The van der Waals surface area contributed by atoms with Crippen LogP contribution in [0, 0.1) is 12.3 Å². The maximum atomic E-state index is 13.3. The zero-order valence-electron chi connectivity index (χ0n) is 17.9. The summed E-state index contributed by atoms with van der Waals surface area (Å²) >= 11 is 12.5. The molecule has 168 valence electrons. The molecule has 0 aromatic carbocycles. The van der Waals surface area contributed by atoms with Crippen molar-refractivity contribution >= 4 is 36.9 Å². The SMILES string of the molecule is BC(O)(O)c1c(N2CCC3(CCOC3)CC2)nc(C)n(C/C(Cl)=C(Cl)\C=C/C=C)c1=O. The van der Waals surface area contributed by atoms with Gasteiger partial charge >= 0.3 is 0 Å². The fourth-order valence-corrected chi connectivity index (χ4v) is 4.49. The average Bonchev–Trinajstić information content (AvgIpc) is 3.16. The van der Waals surface area contributed by atoms with Crippen molar-refractivity contribution < 1.29 is 14.9 Å². The summed E-state index contributed by atoms with van der Waals surface area (Å²) in [7, 11) is 1.17. The second-order valence-corrected chi connectivity index (χ2v) is 9.27. The Bertz CT molecular complexity index is 953. The fourth-order valence-electron chi connectivity index (χ4n) is 4.17. The zero-order chi connectivity index (χ0) is 22.8. The van der Waals surface area contributed by atoms with Gasteiger partial charge in [-0.05, 0) is 37.7 Å². The van der Waals surface area contributed by atoms with Crippen LogP contribution in [0.3, 0.4) is 0 Å². The predicted octanol–water partition coefficient (Wildman–Crippen LogP) is 1.72. The van der Waals surface area contributed by atoms with Gasteiger partial charge in [0, 0.05) is 19.7 Å². The van der Waals surface area contributed by atoms with Crippen LogP contribution in [0.1, 0.15) is 30.7 Å². The Labute approximate surface area is 193 Å². The van der Waals surface area contributed by atoms with Gasteiger partial charge in [0.05, 0.1) is 23.2 Å². The van der Waals surface area contributed by atoms with Crippen molar-refractivity contribution in [3.05, 3.63) is 56.6 Å². The number of piperidine rings is 1. The lowest BCUT2D eigenvalue weighted by atomic mass is 9.77. The molecule has 7 nitrogen and oxygen atoms in total. The lowest BCUT2D eigenvalue weighted by Gasteiger charge is -2.40. The van der Waals surface area contributed by atoms with Gasteiger partial charge in [-0.3, -0.25) is 9.36 Å². The number of ether oxygens (including phenoxy) is 1. The normalized spacial score (nSPS) is 19.8. The molecule has 0 aliphatic carbocycles. The first kappa shape index (κ1) is 24.1. The third-order valence-corrected chi connectivity index (χ3v) is 6.83. The number of hydrogen-bond acceptors (Lipinski definition) is 6. The molecular formula is C21H28BCl2N3O4. The van der Waals surface area contributed by atoms with Crippen LogP contribution >= 0.6 is 23.2 Å². The van der Waals surface area contributed by atoms with Crippen molar-refractivity contribution in [1.82, 2.24) is 9.55 Å². The number of halogens is 2. The van der Waals surface area contributed by atoms with E-state index in [4.69, 9.17) is 27.9 Å². The van der Waals surface area contributed by atoms with Crippen LogP contribution in [0.5, 0.6) is 0 Å². The Kier molecular flexibility index (Phi) is 7.38. The molecule has 2 fully saturated rings. The van der Waals surface area contributed by atoms with Crippen molar-refractivity contribution in [3.63, 3.8) is 0 Å². The molecule has 1 aromatic heterocycles. The Morgan fingerprint density at radius 2 is 2.03 bits per heavy atom. The number of nitrogens with zero attached hydrogens (tertiary/aromatic N) is 3. The number of aromatic nitrogens is 2. The van der Waals surface area contributed by atoms with E-state index in [1.807, 2.05) is 4.90 Å². The van der Waals surface area contributed by atoms with E-state index < -0.39 is 11.2 Å². The van der Waals surface area contributed by atoms with Gasteiger partial charge in [-0.2, -0.15) is 0 Å². The van der Waals surface area contributed by atoms with E-state index in [0.717, 1.165) is 32.5 Å². The molecule has 2 aliphatic rings. The summed E-state index contributed by atoms with van der Waals surface area (Å²) in [6.45, 7) is 8.10. The van der Waals surface area contributed by atoms with Crippen molar-refractivity contribution in [2.75, 3.05) is 31.2 Å². The smallest absolute Gasteiger partial charge is 0.263 e. The van der Waals surface area contributed by atoms with Crippen molar-refractivity contribution in [1.29, 1.82) is 0 Å². The summed E-state index contributed by atoms with van der Waals surface area (Å²) < 4.78 is 6.88. The minimum absolute atomic E-state index is 0.0383. The molecule has 2 N–H and O–H groups in total. The van der Waals surface area contributed by atoms with E-state index >= 15 is 0 Å². The highest BCUT2D eigenvalue weighted by molar-refractivity contribution is 6.40. The zero-order valence-corrected chi connectivity index (χ0v) is 19.4. The number of aryl methyl sites for hydroxylation is 1. The van der Waals surface area contributed by atoms with Crippen LogP contribution in [0.25, 0.3) is 0 Å². The van der Waals surface area contributed by atoms with Crippen LogP contribution in [-0.4, -0.2) is 53.9 Å². The van der Waals surface area contributed by atoms with E-state index in [2.05, 4.69) is 11.6 Å². The predicted molar refractivity (Wildman–Crippen MR) is 125 cm³/mol. The summed E-state index contributed by atoms with van der Waals surface area (Å²) in [5.41, 5.74) is -2.91. The Morgan fingerprint density at radius 3 is 2.58 bits per heavy atom. The van der Waals surface area contributed by atoms with E-state index in [0.29, 0.717) is 24.7 Å².